The first-order valence-corrected chi connectivity index (χ1v) is 11.4. The number of carbonyl (C=O) groups is 1. The van der Waals surface area contributed by atoms with Crippen molar-refractivity contribution >= 4 is 23.5 Å². The van der Waals surface area contributed by atoms with E-state index >= 15 is 0 Å². The molecule has 4 rings (SSSR count). The van der Waals surface area contributed by atoms with Crippen molar-refractivity contribution in [3.8, 4) is 5.75 Å². The molecule has 2 aromatic carbocycles. The molecule has 1 amide bonds. The highest BCUT2D eigenvalue weighted by Gasteiger charge is 2.31. The largest absolute Gasteiger partial charge is 0.494 e. The summed E-state index contributed by atoms with van der Waals surface area (Å²) in [5.41, 5.74) is 3.53. The number of nitrogens with one attached hydrogen (secondary N) is 2. The highest BCUT2D eigenvalue weighted by atomic mass is 32.2. The Bertz CT molecular complexity index is 1120. The topological polar surface area (TPSA) is 84.1 Å². The molecule has 1 aliphatic heterocycles. The Morgan fingerprint density at radius 1 is 1.10 bits per heavy atom. The van der Waals surface area contributed by atoms with Gasteiger partial charge in [-0.25, -0.2) is 4.98 Å². The number of thioether (sulfide) groups is 1. The molecular weight excluding hydrogens is 410 g/mol. The van der Waals surface area contributed by atoms with Gasteiger partial charge in [-0.2, -0.15) is 0 Å². The normalized spacial score (nSPS) is 15.3. The van der Waals surface area contributed by atoms with E-state index in [9.17, 15) is 9.59 Å². The summed E-state index contributed by atoms with van der Waals surface area (Å²) in [7, 11) is 0. The summed E-state index contributed by atoms with van der Waals surface area (Å²) in [6.07, 6.45) is 1.14. The second kappa shape index (κ2) is 9.39. The van der Waals surface area contributed by atoms with Gasteiger partial charge in [0.25, 0.3) is 5.56 Å². The molecular formula is C24H25N3O3S. The molecule has 0 saturated heterocycles. The zero-order valence-corrected chi connectivity index (χ0v) is 18.4. The van der Waals surface area contributed by atoms with Crippen LogP contribution in [-0.2, 0) is 10.5 Å². The Hall–Kier alpha value is -3.06. The van der Waals surface area contributed by atoms with Gasteiger partial charge < -0.3 is 15.0 Å². The van der Waals surface area contributed by atoms with Crippen LogP contribution in [0.15, 0.2) is 58.5 Å². The summed E-state index contributed by atoms with van der Waals surface area (Å²) in [6, 6.07) is 15.8. The smallest absolute Gasteiger partial charge is 0.257 e. The molecule has 2 N–H and O–H groups in total. The zero-order valence-electron chi connectivity index (χ0n) is 17.6. The standard InChI is InChI=1S/C24H25N3O3S/c1-3-12-30-18-10-8-17(9-11-18)19-13-20(28)25-22-21(19)23(29)27-24(26-22)31-14-16-6-4-15(2)5-7-16/h4-11,19H,3,12-14H2,1-2H3,(H2,25,26,27,28,29)/t19-/m0/s1. The maximum absolute atomic E-state index is 13.0. The third-order valence-electron chi connectivity index (χ3n) is 5.18. The number of ether oxygens (including phenoxy) is 1. The Morgan fingerprint density at radius 3 is 2.55 bits per heavy atom. The van der Waals surface area contributed by atoms with Crippen molar-refractivity contribution in [1.82, 2.24) is 9.97 Å². The van der Waals surface area contributed by atoms with Crippen LogP contribution in [0.1, 0.15) is 47.9 Å². The summed E-state index contributed by atoms with van der Waals surface area (Å²) < 4.78 is 5.64. The van der Waals surface area contributed by atoms with Crippen LogP contribution in [0.3, 0.4) is 0 Å². The number of hydrogen-bond donors (Lipinski definition) is 2. The van der Waals surface area contributed by atoms with Crippen LogP contribution in [0.4, 0.5) is 5.82 Å². The van der Waals surface area contributed by atoms with Gasteiger partial charge >= 0.3 is 0 Å². The highest BCUT2D eigenvalue weighted by molar-refractivity contribution is 7.98. The van der Waals surface area contributed by atoms with Gasteiger partial charge in [-0.15, -0.1) is 0 Å². The molecule has 1 atom stereocenters. The average Bonchev–Trinajstić information content (AvgIpc) is 2.77. The molecule has 0 fully saturated rings. The quantitative estimate of drug-likeness (QED) is 0.417. The van der Waals surface area contributed by atoms with Crippen LogP contribution in [0.2, 0.25) is 0 Å². The molecule has 0 saturated carbocycles. The fourth-order valence-electron chi connectivity index (χ4n) is 3.56. The van der Waals surface area contributed by atoms with Crippen molar-refractivity contribution in [3.05, 3.63) is 81.1 Å². The van der Waals surface area contributed by atoms with E-state index in [0.717, 1.165) is 23.3 Å². The summed E-state index contributed by atoms with van der Waals surface area (Å²) in [5.74, 6) is 1.33. The Kier molecular flexibility index (Phi) is 6.42. The number of H-pyrrole nitrogens is 1. The average molecular weight is 436 g/mol. The molecule has 31 heavy (non-hydrogen) atoms. The SMILES string of the molecule is CCCOc1ccc([C@@H]2CC(=O)Nc3nc(SCc4ccc(C)cc4)[nH]c(=O)c32)cc1. The molecule has 160 valence electrons. The molecule has 7 heteroatoms. The number of rotatable bonds is 7. The molecule has 2 heterocycles. The van der Waals surface area contributed by atoms with Gasteiger partial charge in [-0.1, -0.05) is 60.6 Å². The summed E-state index contributed by atoms with van der Waals surface area (Å²) in [4.78, 5) is 32.7. The Balaban J connectivity index is 1.58. The first-order valence-electron chi connectivity index (χ1n) is 10.4. The third kappa shape index (κ3) is 4.99. The fourth-order valence-corrected chi connectivity index (χ4v) is 4.37. The number of aromatic nitrogens is 2. The number of benzene rings is 2. The van der Waals surface area contributed by atoms with Gasteiger partial charge in [0.05, 0.1) is 12.2 Å². The molecule has 0 unspecified atom stereocenters. The van der Waals surface area contributed by atoms with Gasteiger partial charge in [-0.3, -0.25) is 9.59 Å². The molecule has 0 aliphatic carbocycles. The number of carbonyl (C=O) groups excluding carboxylic acids is 1. The minimum absolute atomic E-state index is 0.142. The van der Waals surface area contributed by atoms with Crippen LogP contribution in [-0.4, -0.2) is 22.5 Å². The number of aryl methyl sites for hydroxylation is 1. The van der Waals surface area contributed by atoms with Crippen LogP contribution in [0, 0.1) is 6.92 Å². The number of aromatic amines is 1. The van der Waals surface area contributed by atoms with Gasteiger partial charge in [0.15, 0.2) is 5.16 Å². The molecule has 1 aliphatic rings. The number of fused-ring (bicyclic) bond motifs is 1. The van der Waals surface area contributed by atoms with Gasteiger partial charge in [-0.05, 0) is 36.6 Å². The number of hydrogen-bond acceptors (Lipinski definition) is 5. The number of amides is 1. The van der Waals surface area contributed by atoms with Gasteiger partial charge in [0.1, 0.15) is 11.6 Å². The molecule has 0 bridgehead atoms. The van der Waals surface area contributed by atoms with E-state index in [4.69, 9.17) is 4.74 Å². The van der Waals surface area contributed by atoms with Crippen molar-refractivity contribution in [3.63, 3.8) is 0 Å². The lowest BCUT2D eigenvalue weighted by molar-refractivity contribution is -0.116. The van der Waals surface area contributed by atoms with Crippen molar-refractivity contribution in [2.45, 2.75) is 43.5 Å². The second-order valence-electron chi connectivity index (χ2n) is 7.63. The van der Waals surface area contributed by atoms with E-state index in [-0.39, 0.29) is 23.8 Å². The van der Waals surface area contributed by atoms with Gasteiger partial charge in [0.2, 0.25) is 5.91 Å². The lowest BCUT2D eigenvalue weighted by Gasteiger charge is -2.24. The van der Waals surface area contributed by atoms with E-state index in [0.29, 0.717) is 28.9 Å². The molecule has 0 spiro atoms. The maximum atomic E-state index is 13.0. The van der Waals surface area contributed by atoms with E-state index in [1.54, 1.807) is 0 Å². The first kappa shape index (κ1) is 21.2. The third-order valence-corrected chi connectivity index (χ3v) is 6.13. The predicted octanol–water partition coefficient (Wildman–Crippen LogP) is 4.63. The Morgan fingerprint density at radius 2 is 1.84 bits per heavy atom. The van der Waals surface area contributed by atoms with Crippen molar-refractivity contribution < 1.29 is 9.53 Å². The monoisotopic (exact) mass is 435 g/mol. The number of anilines is 1. The first-order chi connectivity index (χ1) is 15.0. The van der Waals surface area contributed by atoms with E-state index in [2.05, 4.69) is 46.5 Å². The van der Waals surface area contributed by atoms with Crippen molar-refractivity contribution in [1.29, 1.82) is 0 Å². The van der Waals surface area contributed by atoms with Crippen LogP contribution >= 0.6 is 11.8 Å². The van der Waals surface area contributed by atoms with Gasteiger partial charge in [0, 0.05) is 18.1 Å². The second-order valence-corrected chi connectivity index (χ2v) is 8.59. The van der Waals surface area contributed by atoms with E-state index < -0.39 is 0 Å². The molecule has 6 nitrogen and oxygen atoms in total. The molecule has 3 aromatic rings. The molecule has 0 radical (unpaired) electrons. The number of nitrogens with zero attached hydrogens (tertiary/aromatic N) is 1. The molecule has 1 aromatic heterocycles. The van der Waals surface area contributed by atoms with Crippen molar-refractivity contribution in [2.75, 3.05) is 11.9 Å². The highest BCUT2D eigenvalue weighted by Crippen LogP contribution is 2.35. The summed E-state index contributed by atoms with van der Waals surface area (Å²) >= 11 is 1.44. The van der Waals surface area contributed by atoms with Crippen molar-refractivity contribution in [2.24, 2.45) is 0 Å². The minimum Gasteiger partial charge on any atom is -0.494 e. The maximum Gasteiger partial charge on any atom is 0.257 e. The van der Waals surface area contributed by atoms with E-state index in [1.165, 1.54) is 17.3 Å². The lowest BCUT2D eigenvalue weighted by atomic mass is 9.87. The minimum atomic E-state index is -0.337. The fraction of sp³-hybridized carbons (Fsp3) is 0.292. The Labute approximate surface area is 185 Å². The van der Waals surface area contributed by atoms with E-state index in [1.807, 2.05) is 31.2 Å². The van der Waals surface area contributed by atoms with Crippen LogP contribution in [0.25, 0.3) is 0 Å². The summed E-state index contributed by atoms with van der Waals surface area (Å²) in [5, 5.41) is 3.27. The van der Waals surface area contributed by atoms with Crippen LogP contribution < -0.4 is 15.6 Å². The zero-order chi connectivity index (χ0) is 21.8. The lowest BCUT2D eigenvalue weighted by Crippen LogP contribution is -2.31. The predicted molar refractivity (Wildman–Crippen MR) is 123 cm³/mol. The van der Waals surface area contributed by atoms with Crippen LogP contribution in [0.5, 0.6) is 5.75 Å². The summed E-state index contributed by atoms with van der Waals surface area (Å²) in [6.45, 7) is 4.75.